The summed E-state index contributed by atoms with van der Waals surface area (Å²) in [5.41, 5.74) is 2.83. The summed E-state index contributed by atoms with van der Waals surface area (Å²) in [7, 11) is 0. The summed E-state index contributed by atoms with van der Waals surface area (Å²) in [6, 6.07) is 14.7. The van der Waals surface area contributed by atoms with Crippen LogP contribution in [-0.4, -0.2) is 18.2 Å². The van der Waals surface area contributed by atoms with Crippen molar-refractivity contribution < 1.29 is 0 Å². The summed E-state index contributed by atoms with van der Waals surface area (Å²) >= 11 is 0. The van der Waals surface area contributed by atoms with Gasteiger partial charge >= 0.3 is 0 Å². The highest BCUT2D eigenvalue weighted by Crippen LogP contribution is 2.44. The molecule has 0 radical (unpaired) electrons. The van der Waals surface area contributed by atoms with Crippen LogP contribution in [0.4, 0.5) is 11.4 Å². The van der Waals surface area contributed by atoms with Crippen LogP contribution in [-0.2, 0) is 0 Å². The molecule has 0 spiro atoms. The summed E-state index contributed by atoms with van der Waals surface area (Å²) in [5.74, 6) is 0.941. The van der Waals surface area contributed by atoms with Crippen molar-refractivity contribution in [3.8, 4) is 0 Å². The molecule has 0 amide bonds. The van der Waals surface area contributed by atoms with Crippen molar-refractivity contribution in [2.24, 2.45) is 5.92 Å². The predicted molar refractivity (Wildman–Crippen MR) is 105 cm³/mol. The van der Waals surface area contributed by atoms with E-state index in [4.69, 9.17) is 0 Å². The van der Waals surface area contributed by atoms with Crippen LogP contribution in [0, 0.1) is 5.92 Å². The quantitative estimate of drug-likeness (QED) is 0.702. The molecule has 24 heavy (non-hydrogen) atoms. The number of hydrogen-bond acceptors (Lipinski definition) is 2. The molecule has 1 aliphatic heterocycles. The molecule has 2 aliphatic rings. The molecule has 2 nitrogen and oxygen atoms in total. The third kappa shape index (κ3) is 2.39. The van der Waals surface area contributed by atoms with Crippen LogP contribution in [0.15, 0.2) is 36.4 Å². The fraction of sp³-hybridized carbons (Fsp3) is 0.545. The lowest BCUT2D eigenvalue weighted by Crippen LogP contribution is -2.55. The molecular weight excluding hydrogens is 292 g/mol. The monoisotopic (exact) mass is 322 g/mol. The molecule has 2 aromatic rings. The Kier molecular flexibility index (Phi) is 3.94. The van der Waals surface area contributed by atoms with E-state index in [0.717, 1.165) is 5.92 Å². The average molecular weight is 322 g/mol. The second-order valence-electron chi connectivity index (χ2n) is 8.07. The van der Waals surface area contributed by atoms with Crippen molar-refractivity contribution >= 4 is 22.1 Å². The van der Waals surface area contributed by atoms with Crippen LogP contribution in [0.5, 0.6) is 0 Å². The highest BCUT2D eigenvalue weighted by Gasteiger charge is 2.35. The Morgan fingerprint density at radius 1 is 0.958 bits per heavy atom. The largest absolute Gasteiger partial charge is 0.348 e. The van der Waals surface area contributed by atoms with E-state index in [1.165, 1.54) is 47.8 Å². The van der Waals surface area contributed by atoms with Gasteiger partial charge in [0.25, 0.3) is 0 Å². The fourth-order valence-corrected chi connectivity index (χ4v) is 4.91. The molecule has 4 rings (SSSR count). The first-order valence-corrected chi connectivity index (χ1v) is 9.66. The smallest absolute Gasteiger partial charge is 0.0992 e. The molecule has 1 fully saturated rings. The second kappa shape index (κ2) is 5.98. The number of anilines is 2. The zero-order chi connectivity index (χ0) is 16.8. The molecule has 2 aromatic carbocycles. The van der Waals surface area contributed by atoms with E-state index in [1.807, 2.05) is 0 Å². The summed E-state index contributed by atoms with van der Waals surface area (Å²) in [5, 5.41) is 2.80. The number of benzene rings is 2. The minimum absolute atomic E-state index is 0.403. The van der Waals surface area contributed by atoms with Gasteiger partial charge in [-0.1, -0.05) is 43.5 Å². The highest BCUT2D eigenvalue weighted by atomic mass is 15.4. The maximum atomic E-state index is 2.69. The molecule has 0 N–H and O–H groups in total. The highest BCUT2D eigenvalue weighted by molar-refractivity contribution is 6.05. The van der Waals surface area contributed by atoms with Crippen LogP contribution in [0.2, 0.25) is 0 Å². The summed E-state index contributed by atoms with van der Waals surface area (Å²) in [6.45, 7) is 9.45. The number of rotatable bonds is 4. The first-order chi connectivity index (χ1) is 11.6. The summed E-state index contributed by atoms with van der Waals surface area (Å²) in [4.78, 5) is 5.29. The summed E-state index contributed by atoms with van der Waals surface area (Å²) in [6.07, 6.45) is 6.03. The lowest BCUT2D eigenvalue weighted by Gasteiger charge is -2.50. The molecule has 0 aromatic heterocycles. The maximum absolute atomic E-state index is 2.69. The normalized spacial score (nSPS) is 22.1. The predicted octanol–water partition coefficient (Wildman–Crippen LogP) is 5.80. The SMILES string of the molecule is CC(C)N1c2cccc3cccc(c23)N(C(C)CC2CCC2)C1C. The molecule has 2 atom stereocenters. The van der Waals surface area contributed by atoms with Crippen molar-refractivity contribution in [3.63, 3.8) is 0 Å². The Balaban J connectivity index is 1.83. The van der Waals surface area contributed by atoms with Gasteiger partial charge in [0, 0.05) is 28.8 Å². The van der Waals surface area contributed by atoms with Crippen molar-refractivity contribution in [1.82, 2.24) is 0 Å². The summed E-state index contributed by atoms with van der Waals surface area (Å²) < 4.78 is 0. The van der Waals surface area contributed by atoms with Gasteiger partial charge in [0.05, 0.1) is 6.17 Å². The van der Waals surface area contributed by atoms with Gasteiger partial charge in [-0.05, 0) is 57.6 Å². The Hall–Kier alpha value is -1.70. The van der Waals surface area contributed by atoms with E-state index in [2.05, 4.69) is 73.9 Å². The van der Waals surface area contributed by atoms with Crippen molar-refractivity contribution in [2.75, 3.05) is 9.80 Å². The first-order valence-electron chi connectivity index (χ1n) is 9.66. The third-order valence-electron chi connectivity index (χ3n) is 6.15. The van der Waals surface area contributed by atoms with Gasteiger partial charge in [0.1, 0.15) is 0 Å². The lowest BCUT2D eigenvalue weighted by molar-refractivity contribution is 0.271. The number of nitrogens with zero attached hydrogens (tertiary/aromatic N) is 2. The Labute approximate surface area is 146 Å². The van der Waals surface area contributed by atoms with Gasteiger partial charge in [-0.3, -0.25) is 0 Å². The lowest BCUT2D eigenvalue weighted by atomic mass is 9.80. The second-order valence-corrected chi connectivity index (χ2v) is 8.07. The maximum Gasteiger partial charge on any atom is 0.0992 e. The van der Waals surface area contributed by atoms with Crippen LogP contribution in [0.3, 0.4) is 0 Å². The minimum Gasteiger partial charge on any atom is -0.348 e. The molecule has 1 heterocycles. The standard InChI is InChI=1S/C22H30N2/c1-15(2)23-17(4)24(16(3)14-18-8-5-9-18)21-13-7-11-19-10-6-12-20(23)22(19)21/h6-7,10-13,15-18H,5,8-9,14H2,1-4H3. The Bertz CT molecular complexity index is 727. The number of hydrogen-bond donors (Lipinski definition) is 0. The van der Waals surface area contributed by atoms with E-state index in [0.29, 0.717) is 18.2 Å². The molecule has 1 saturated carbocycles. The minimum atomic E-state index is 0.403. The molecule has 2 heteroatoms. The van der Waals surface area contributed by atoms with E-state index < -0.39 is 0 Å². The van der Waals surface area contributed by atoms with Crippen LogP contribution >= 0.6 is 0 Å². The van der Waals surface area contributed by atoms with E-state index in [9.17, 15) is 0 Å². The third-order valence-corrected chi connectivity index (χ3v) is 6.15. The van der Waals surface area contributed by atoms with Crippen LogP contribution < -0.4 is 9.80 Å². The van der Waals surface area contributed by atoms with Gasteiger partial charge in [0.15, 0.2) is 0 Å². The molecule has 0 saturated heterocycles. The van der Waals surface area contributed by atoms with E-state index >= 15 is 0 Å². The van der Waals surface area contributed by atoms with Crippen LogP contribution in [0.25, 0.3) is 10.8 Å². The molecule has 0 bridgehead atoms. The van der Waals surface area contributed by atoms with Gasteiger partial charge in [-0.25, -0.2) is 0 Å². The van der Waals surface area contributed by atoms with Crippen molar-refractivity contribution in [3.05, 3.63) is 36.4 Å². The van der Waals surface area contributed by atoms with Gasteiger partial charge in [-0.15, -0.1) is 0 Å². The van der Waals surface area contributed by atoms with Gasteiger partial charge < -0.3 is 9.80 Å². The Morgan fingerprint density at radius 2 is 1.58 bits per heavy atom. The van der Waals surface area contributed by atoms with E-state index in [1.54, 1.807) is 0 Å². The average Bonchev–Trinajstić information content (AvgIpc) is 2.51. The van der Waals surface area contributed by atoms with Crippen LogP contribution in [0.1, 0.15) is 53.4 Å². The molecule has 1 aliphatic carbocycles. The molecule has 128 valence electrons. The topological polar surface area (TPSA) is 6.48 Å². The van der Waals surface area contributed by atoms with E-state index in [-0.39, 0.29) is 0 Å². The van der Waals surface area contributed by atoms with Crippen molar-refractivity contribution in [2.45, 2.75) is 71.6 Å². The zero-order valence-corrected chi connectivity index (χ0v) is 15.5. The molecule has 2 unspecified atom stereocenters. The first kappa shape index (κ1) is 15.8. The van der Waals surface area contributed by atoms with Gasteiger partial charge in [0.2, 0.25) is 0 Å². The van der Waals surface area contributed by atoms with Crippen molar-refractivity contribution in [1.29, 1.82) is 0 Å². The zero-order valence-electron chi connectivity index (χ0n) is 15.5. The Morgan fingerprint density at radius 3 is 2.12 bits per heavy atom. The van der Waals surface area contributed by atoms with Gasteiger partial charge in [-0.2, -0.15) is 0 Å². The fourth-order valence-electron chi connectivity index (χ4n) is 4.91. The molecular formula is C22H30N2.